The molecule has 88 valence electrons. The summed E-state index contributed by atoms with van der Waals surface area (Å²) in [5.74, 6) is 0. The number of rotatable bonds is 2. The highest BCUT2D eigenvalue weighted by Crippen LogP contribution is 2.34. The van der Waals surface area contributed by atoms with Crippen molar-refractivity contribution in [1.82, 2.24) is 0 Å². The van der Waals surface area contributed by atoms with E-state index in [9.17, 15) is 0 Å². The van der Waals surface area contributed by atoms with Crippen molar-refractivity contribution in [2.75, 3.05) is 0 Å². The molecule has 18 heavy (non-hydrogen) atoms. The summed E-state index contributed by atoms with van der Waals surface area (Å²) in [7, 11) is 0. The summed E-state index contributed by atoms with van der Waals surface area (Å²) in [6.45, 7) is 0. The fraction of sp³-hybridized carbons (Fsp3) is 0.188. The molecule has 0 spiro atoms. The van der Waals surface area contributed by atoms with Crippen molar-refractivity contribution >= 4 is 6.21 Å². The van der Waals surface area contributed by atoms with Crippen molar-refractivity contribution in [2.24, 2.45) is 0 Å². The van der Waals surface area contributed by atoms with Gasteiger partial charge in [0.2, 0.25) is 0 Å². The van der Waals surface area contributed by atoms with Crippen LogP contribution in [0.2, 0.25) is 0 Å². The van der Waals surface area contributed by atoms with E-state index in [1.165, 1.54) is 27.8 Å². The highest BCUT2D eigenvalue weighted by Gasteiger charge is 2.17. The van der Waals surface area contributed by atoms with Crippen LogP contribution in [0.5, 0.6) is 0 Å². The molecule has 1 aliphatic rings. The number of fused-ring (bicyclic) bond motifs is 3. The van der Waals surface area contributed by atoms with Crippen LogP contribution in [0.15, 0.2) is 42.5 Å². The molecule has 0 atom stereocenters. The summed E-state index contributed by atoms with van der Waals surface area (Å²) in [4.78, 5) is 3.10. The van der Waals surface area contributed by atoms with E-state index >= 15 is 0 Å². The first-order valence-corrected chi connectivity index (χ1v) is 6.25. The van der Waals surface area contributed by atoms with Crippen LogP contribution in [0.25, 0.3) is 16.7 Å². The molecule has 0 heterocycles. The summed E-state index contributed by atoms with van der Waals surface area (Å²) < 4.78 is 0. The first-order valence-electron chi connectivity index (χ1n) is 6.25. The Labute approximate surface area is 107 Å². The minimum atomic E-state index is 0.696. The van der Waals surface area contributed by atoms with Crippen molar-refractivity contribution in [3.05, 3.63) is 64.7 Å². The molecule has 1 aliphatic carbocycles. The fourth-order valence-corrected chi connectivity index (χ4v) is 2.77. The quantitative estimate of drug-likeness (QED) is 0.434. The molecule has 0 unspecified atom stereocenters. The summed E-state index contributed by atoms with van der Waals surface area (Å²) in [5.41, 5.74) is 15.3. The van der Waals surface area contributed by atoms with E-state index < -0.39 is 0 Å². The molecule has 0 aliphatic heterocycles. The number of aryl methyl sites for hydroxylation is 1. The Balaban J connectivity index is 2.15. The molecule has 0 bridgehead atoms. The van der Waals surface area contributed by atoms with Crippen molar-refractivity contribution in [3.8, 4) is 11.1 Å². The zero-order chi connectivity index (χ0) is 12.4. The Bertz CT molecular complexity index is 637. The fourth-order valence-electron chi connectivity index (χ4n) is 2.77. The predicted molar refractivity (Wildman–Crippen MR) is 72.7 cm³/mol. The molecule has 0 N–H and O–H groups in total. The average molecular weight is 234 g/mol. The van der Waals surface area contributed by atoms with Crippen LogP contribution in [-0.4, -0.2) is 11.0 Å². The van der Waals surface area contributed by atoms with E-state index in [2.05, 4.69) is 47.3 Å². The van der Waals surface area contributed by atoms with Crippen molar-refractivity contribution in [2.45, 2.75) is 19.3 Å². The van der Waals surface area contributed by atoms with Crippen LogP contribution in [0, 0.1) is 0 Å². The summed E-state index contributed by atoms with van der Waals surface area (Å²) in [6.07, 6.45) is 4.41. The molecular weight excluding hydrogens is 220 g/mol. The van der Waals surface area contributed by atoms with Gasteiger partial charge in [0, 0.05) is 0 Å². The standard InChI is InChI=1S/C16H14N2/c17-18-11-10-13-5-3-7-16-14-6-2-1-4-12(14)8-9-15(13)16/h1-7,11H,8-10H2. The Morgan fingerprint density at radius 3 is 2.72 bits per heavy atom. The Kier molecular flexibility index (Phi) is 2.79. The molecule has 0 aromatic heterocycles. The van der Waals surface area contributed by atoms with Gasteiger partial charge in [-0.1, -0.05) is 42.5 Å². The van der Waals surface area contributed by atoms with Crippen LogP contribution in [0.1, 0.15) is 16.7 Å². The van der Waals surface area contributed by atoms with Gasteiger partial charge in [-0.25, -0.2) is 0 Å². The van der Waals surface area contributed by atoms with Gasteiger partial charge >= 0.3 is 0 Å². The van der Waals surface area contributed by atoms with Gasteiger partial charge in [0.05, 0.1) is 6.42 Å². The lowest BCUT2D eigenvalue weighted by Gasteiger charge is -2.21. The Morgan fingerprint density at radius 2 is 1.83 bits per heavy atom. The lowest BCUT2D eigenvalue weighted by Crippen LogP contribution is -2.07. The Hall–Kier alpha value is -2.18. The van der Waals surface area contributed by atoms with Crippen molar-refractivity contribution < 1.29 is 4.79 Å². The molecule has 0 saturated carbocycles. The third-order valence-corrected chi connectivity index (χ3v) is 3.62. The number of nitrogens with zero attached hydrogens (tertiary/aromatic N) is 2. The second-order valence-corrected chi connectivity index (χ2v) is 4.60. The first-order chi connectivity index (χ1) is 8.90. The molecule has 2 aromatic carbocycles. The molecular formula is C16H14N2. The van der Waals surface area contributed by atoms with Gasteiger partial charge in [-0.05, 0) is 40.7 Å². The second-order valence-electron chi connectivity index (χ2n) is 4.60. The van der Waals surface area contributed by atoms with Gasteiger partial charge in [0.1, 0.15) is 0 Å². The van der Waals surface area contributed by atoms with E-state index in [4.69, 9.17) is 5.53 Å². The topological polar surface area (TPSA) is 36.4 Å². The maximum absolute atomic E-state index is 8.56. The highest BCUT2D eigenvalue weighted by atomic mass is 14.8. The number of hydrogen-bond donors (Lipinski definition) is 0. The predicted octanol–water partition coefficient (Wildman–Crippen LogP) is 3.30. The maximum atomic E-state index is 8.56. The van der Waals surface area contributed by atoms with Crippen molar-refractivity contribution in [1.29, 1.82) is 0 Å². The van der Waals surface area contributed by atoms with Gasteiger partial charge in [-0.2, -0.15) is 4.79 Å². The molecule has 0 radical (unpaired) electrons. The van der Waals surface area contributed by atoms with Gasteiger partial charge in [-0.15, -0.1) is 0 Å². The lowest BCUT2D eigenvalue weighted by molar-refractivity contribution is 0.00156. The van der Waals surface area contributed by atoms with Crippen molar-refractivity contribution in [3.63, 3.8) is 0 Å². The summed E-state index contributed by atoms with van der Waals surface area (Å²) >= 11 is 0. The van der Waals surface area contributed by atoms with E-state index in [0.29, 0.717) is 6.42 Å². The zero-order valence-corrected chi connectivity index (χ0v) is 10.1. The summed E-state index contributed by atoms with van der Waals surface area (Å²) in [5, 5.41) is 0. The first kappa shape index (κ1) is 10.9. The molecule has 0 fully saturated rings. The highest BCUT2D eigenvalue weighted by molar-refractivity contribution is 5.75. The van der Waals surface area contributed by atoms with Gasteiger partial charge < -0.3 is 5.53 Å². The Morgan fingerprint density at radius 1 is 1.00 bits per heavy atom. The molecule has 0 amide bonds. The minimum Gasteiger partial charge on any atom is -0.362 e. The molecule has 0 saturated heterocycles. The van der Waals surface area contributed by atoms with Gasteiger partial charge in [0.15, 0.2) is 0 Å². The average Bonchev–Trinajstić information content (AvgIpc) is 2.44. The maximum Gasteiger partial charge on any atom is 0.261 e. The largest absolute Gasteiger partial charge is 0.362 e. The number of benzene rings is 2. The van der Waals surface area contributed by atoms with E-state index in [-0.39, 0.29) is 0 Å². The van der Waals surface area contributed by atoms with Crippen LogP contribution < -0.4 is 0 Å². The third kappa shape index (κ3) is 1.77. The van der Waals surface area contributed by atoms with Crippen LogP contribution >= 0.6 is 0 Å². The van der Waals surface area contributed by atoms with E-state index in [1.54, 1.807) is 6.21 Å². The number of hydrogen-bond acceptors (Lipinski definition) is 0. The molecule has 2 nitrogen and oxygen atoms in total. The smallest absolute Gasteiger partial charge is 0.261 e. The SMILES string of the molecule is [N-]=[N+]=CCc1cccc2c1CCc1ccccc1-2. The molecule has 2 heteroatoms. The lowest BCUT2D eigenvalue weighted by atomic mass is 9.83. The van der Waals surface area contributed by atoms with Crippen LogP contribution in [-0.2, 0) is 19.3 Å². The minimum absolute atomic E-state index is 0.696. The van der Waals surface area contributed by atoms with E-state index in [1.807, 2.05) is 0 Å². The van der Waals surface area contributed by atoms with Crippen LogP contribution in [0.3, 0.4) is 0 Å². The van der Waals surface area contributed by atoms with E-state index in [0.717, 1.165) is 12.8 Å². The normalized spacial score (nSPS) is 12.2. The monoisotopic (exact) mass is 234 g/mol. The van der Waals surface area contributed by atoms with Gasteiger partial charge in [-0.3, -0.25) is 0 Å². The third-order valence-electron chi connectivity index (χ3n) is 3.62. The molecule has 3 rings (SSSR count). The molecule has 2 aromatic rings. The summed E-state index contributed by atoms with van der Waals surface area (Å²) in [6, 6.07) is 15.0. The zero-order valence-electron chi connectivity index (χ0n) is 10.1. The van der Waals surface area contributed by atoms with Gasteiger partial charge in [0.25, 0.3) is 6.21 Å². The van der Waals surface area contributed by atoms with Crippen LogP contribution in [0.4, 0.5) is 0 Å². The second kappa shape index (κ2) is 4.59.